The molecular weight excluding hydrogens is 384 g/mol. The molecule has 2 aromatic rings. The molecule has 0 N–H and O–H groups in total. The van der Waals surface area contributed by atoms with Crippen LogP contribution in [0.5, 0.6) is 0 Å². The van der Waals surface area contributed by atoms with E-state index in [4.69, 9.17) is 23.7 Å². The number of hydrogen-bond donors (Lipinski definition) is 0. The Labute approximate surface area is 176 Å². The van der Waals surface area contributed by atoms with E-state index in [-0.39, 0.29) is 0 Å². The lowest BCUT2D eigenvalue weighted by Crippen LogP contribution is -2.63. The van der Waals surface area contributed by atoms with Crippen LogP contribution >= 0.6 is 0 Å². The standard InChI is InChI=1S/C24H26O6/c1-17(25)28-22-21-20(16-27-23(22)14-8-9-15-26-23)29-24(30-21,18-10-4-2-5-11-18)19-12-6-3-7-13-19/h2-7,10-13,20-22H,8-9,14-16H2,1H3/t20-,21-,22+,23+/m1/s1. The minimum Gasteiger partial charge on any atom is -0.454 e. The van der Waals surface area contributed by atoms with Crippen molar-refractivity contribution in [3.8, 4) is 0 Å². The van der Waals surface area contributed by atoms with E-state index in [1.165, 1.54) is 6.92 Å². The Bertz CT molecular complexity index is 838. The molecule has 0 amide bonds. The lowest BCUT2D eigenvalue weighted by Gasteiger charge is -2.47. The number of benzene rings is 2. The van der Waals surface area contributed by atoms with Gasteiger partial charge in [-0.2, -0.15) is 0 Å². The number of esters is 1. The third-order valence-electron chi connectivity index (χ3n) is 6.08. The van der Waals surface area contributed by atoms with Crippen LogP contribution in [0.2, 0.25) is 0 Å². The first-order chi connectivity index (χ1) is 14.6. The van der Waals surface area contributed by atoms with Gasteiger partial charge in [-0.3, -0.25) is 4.79 Å². The molecule has 3 saturated heterocycles. The second-order valence-corrected chi connectivity index (χ2v) is 8.05. The highest BCUT2D eigenvalue weighted by molar-refractivity contribution is 5.66. The molecule has 0 aromatic heterocycles. The summed E-state index contributed by atoms with van der Waals surface area (Å²) in [5.41, 5.74) is 1.76. The van der Waals surface area contributed by atoms with Crippen molar-refractivity contribution in [2.45, 2.75) is 56.1 Å². The first-order valence-electron chi connectivity index (χ1n) is 10.5. The molecule has 30 heavy (non-hydrogen) atoms. The van der Waals surface area contributed by atoms with Crippen LogP contribution < -0.4 is 0 Å². The molecule has 4 atom stereocenters. The zero-order valence-corrected chi connectivity index (χ0v) is 17.0. The fourth-order valence-corrected chi connectivity index (χ4v) is 4.74. The van der Waals surface area contributed by atoms with Gasteiger partial charge >= 0.3 is 5.97 Å². The van der Waals surface area contributed by atoms with Gasteiger partial charge in [0.25, 0.3) is 0 Å². The maximum absolute atomic E-state index is 12.0. The van der Waals surface area contributed by atoms with E-state index < -0.39 is 35.9 Å². The van der Waals surface area contributed by atoms with E-state index in [1.54, 1.807) is 0 Å². The Morgan fingerprint density at radius 2 is 1.60 bits per heavy atom. The van der Waals surface area contributed by atoms with Crippen LogP contribution in [-0.4, -0.2) is 43.3 Å². The van der Waals surface area contributed by atoms with Gasteiger partial charge in [0, 0.05) is 24.5 Å². The zero-order chi connectivity index (χ0) is 20.6. The SMILES string of the molecule is CC(=O)O[C@H]1[C@@H]2OC(c3ccccc3)(c3ccccc3)O[C@@H]2CO[C@@]12CCCCO2. The summed E-state index contributed by atoms with van der Waals surface area (Å²) in [6.45, 7) is 2.28. The second-order valence-electron chi connectivity index (χ2n) is 8.05. The quantitative estimate of drug-likeness (QED) is 0.722. The molecule has 158 valence electrons. The molecule has 5 rings (SSSR count). The highest BCUT2D eigenvalue weighted by Gasteiger charge is 2.63. The minimum absolute atomic E-state index is 0.309. The summed E-state index contributed by atoms with van der Waals surface area (Å²) in [6, 6.07) is 19.7. The fraction of sp³-hybridized carbons (Fsp3) is 0.458. The molecule has 3 aliphatic heterocycles. The third-order valence-corrected chi connectivity index (χ3v) is 6.08. The van der Waals surface area contributed by atoms with E-state index in [1.807, 2.05) is 60.7 Å². The predicted molar refractivity (Wildman–Crippen MR) is 107 cm³/mol. The average molecular weight is 410 g/mol. The molecule has 1 spiro atoms. The van der Waals surface area contributed by atoms with E-state index in [0.29, 0.717) is 19.6 Å². The van der Waals surface area contributed by atoms with Crippen molar-refractivity contribution in [2.75, 3.05) is 13.2 Å². The van der Waals surface area contributed by atoms with Crippen LogP contribution in [0.1, 0.15) is 37.3 Å². The van der Waals surface area contributed by atoms with E-state index in [9.17, 15) is 4.79 Å². The second kappa shape index (κ2) is 7.78. The van der Waals surface area contributed by atoms with Gasteiger partial charge in [-0.05, 0) is 12.8 Å². The molecule has 3 heterocycles. The smallest absolute Gasteiger partial charge is 0.303 e. The van der Waals surface area contributed by atoms with Crippen molar-refractivity contribution >= 4 is 5.97 Å². The fourth-order valence-electron chi connectivity index (χ4n) is 4.74. The van der Waals surface area contributed by atoms with Gasteiger partial charge in [-0.1, -0.05) is 60.7 Å². The monoisotopic (exact) mass is 410 g/mol. The van der Waals surface area contributed by atoms with Crippen molar-refractivity contribution in [2.24, 2.45) is 0 Å². The van der Waals surface area contributed by atoms with Crippen LogP contribution in [0, 0.1) is 0 Å². The van der Waals surface area contributed by atoms with Crippen LogP contribution in [-0.2, 0) is 34.3 Å². The third kappa shape index (κ3) is 3.24. The summed E-state index contributed by atoms with van der Waals surface area (Å²) >= 11 is 0. The minimum atomic E-state index is -1.11. The maximum atomic E-state index is 12.0. The van der Waals surface area contributed by atoms with Crippen LogP contribution in [0.4, 0.5) is 0 Å². The summed E-state index contributed by atoms with van der Waals surface area (Å²) in [4.78, 5) is 12.0. The average Bonchev–Trinajstić information content (AvgIpc) is 3.19. The molecule has 2 aromatic carbocycles. The molecule has 0 radical (unpaired) electrons. The largest absolute Gasteiger partial charge is 0.454 e. The van der Waals surface area contributed by atoms with Gasteiger partial charge < -0.3 is 23.7 Å². The molecular formula is C24H26O6. The van der Waals surface area contributed by atoms with E-state index in [0.717, 1.165) is 24.0 Å². The normalized spacial score (nSPS) is 32.5. The number of fused-ring (bicyclic) bond motifs is 1. The first kappa shape index (κ1) is 19.7. The zero-order valence-electron chi connectivity index (χ0n) is 17.0. The summed E-state index contributed by atoms with van der Waals surface area (Å²) in [7, 11) is 0. The lowest BCUT2D eigenvalue weighted by molar-refractivity contribution is -0.340. The summed E-state index contributed by atoms with van der Waals surface area (Å²) < 4.78 is 31.3. The van der Waals surface area contributed by atoms with Crippen molar-refractivity contribution in [3.05, 3.63) is 71.8 Å². The molecule has 6 nitrogen and oxygen atoms in total. The Balaban J connectivity index is 1.57. The highest BCUT2D eigenvalue weighted by Crippen LogP contribution is 2.49. The lowest BCUT2D eigenvalue weighted by atomic mass is 9.91. The Morgan fingerprint density at radius 1 is 0.933 bits per heavy atom. The van der Waals surface area contributed by atoms with Crippen molar-refractivity contribution < 1.29 is 28.5 Å². The van der Waals surface area contributed by atoms with Crippen molar-refractivity contribution in [1.29, 1.82) is 0 Å². The molecule has 0 aliphatic carbocycles. The Hall–Kier alpha value is -2.25. The van der Waals surface area contributed by atoms with Gasteiger partial charge in [0.2, 0.25) is 11.6 Å². The molecule has 6 heteroatoms. The van der Waals surface area contributed by atoms with Gasteiger partial charge in [-0.15, -0.1) is 0 Å². The van der Waals surface area contributed by atoms with E-state index >= 15 is 0 Å². The maximum Gasteiger partial charge on any atom is 0.303 e. The van der Waals surface area contributed by atoms with Crippen LogP contribution in [0.3, 0.4) is 0 Å². The van der Waals surface area contributed by atoms with Gasteiger partial charge in [0.15, 0.2) is 6.10 Å². The van der Waals surface area contributed by atoms with Crippen molar-refractivity contribution in [1.82, 2.24) is 0 Å². The molecule has 0 saturated carbocycles. The van der Waals surface area contributed by atoms with Crippen molar-refractivity contribution in [3.63, 3.8) is 0 Å². The van der Waals surface area contributed by atoms with Gasteiger partial charge in [0.1, 0.15) is 12.2 Å². The molecule has 3 aliphatic rings. The molecule has 3 fully saturated rings. The summed E-state index contributed by atoms with van der Waals surface area (Å²) in [5.74, 6) is -2.49. The number of carbonyl (C=O) groups is 1. The topological polar surface area (TPSA) is 63.2 Å². The van der Waals surface area contributed by atoms with Crippen LogP contribution in [0.25, 0.3) is 0 Å². The van der Waals surface area contributed by atoms with Gasteiger partial charge in [0.05, 0.1) is 13.2 Å². The number of hydrogen-bond acceptors (Lipinski definition) is 6. The molecule has 0 unspecified atom stereocenters. The molecule has 0 bridgehead atoms. The number of ether oxygens (including phenoxy) is 5. The number of carbonyl (C=O) groups excluding carboxylic acids is 1. The van der Waals surface area contributed by atoms with Crippen LogP contribution in [0.15, 0.2) is 60.7 Å². The van der Waals surface area contributed by atoms with Gasteiger partial charge in [-0.25, -0.2) is 0 Å². The predicted octanol–water partition coefficient (Wildman–Crippen LogP) is 3.53. The Kier molecular flexibility index (Phi) is 5.11. The Morgan fingerprint density at radius 3 is 2.17 bits per heavy atom. The summed E-state index contributed by atoms with van der Waals surface area (Å²) in [6.07, 6.45) is 0.941. The first-order valence-corrected chi connectivity index (χ1v) is 10.5. The number of rotatable bonds is 3. The highest BCUT2D eigenvalue weighted by atomic mass is 16.8. The van der Waals surface area contributed by atoms with E-state index in [2.05, 4.69) is 0 Å². The summed E-state index contributed by atoms with van der Waals surface area (Å²) in [5, 5.41) is 0.